The topological polar surface area (TPSA) is 80.9 Å². The highest BCUT2D eigenvalue weighted by atomic mass is 19.4. The zero-order chi connectivity index (χ0) is 27.7. The summed E-state index contributed by atoms with van der Waals surface area (Å²) in [4.78, 5) is 24.8. The molecule has 4 rings (SSSR count). The standard InChI is InChI=1S/C27H29F3N2O6/c1-5-17-6-7-18(22(12-17)36-15-21-16-37-26(2,3)38-21)14-35-20-10-8-19(9-11-20)32-24(33)13-23(27(28,29)30)31(4)25(32)34/h6-13,21H,5,14-16H2,1-4H3/t21-/m1/s1. The van der Waals surface area contributed by atoms with Crippen molar-refractivity contribution in [3.63, 3.8) is 0 Å². The zero-order valence-corrected chi connectivity index (χ0v) is 21.5. The van der Waals surface area contributed by atoms with Crippen LogP contribution in [0.2, 0.25) is 0 Å². The summed E-state index contributed by atoms with van der Waals surface area (Å²) in [5.74, 6) is 0.451. The summed E-state index contributed by atoms with van der Waals surface area (Å²) in [5, 5.41) is 0. The summed E-state index contributed by atoms with van der Waals surface area (Å²) in [5.41, 5.74) is -1.47. The van der Waals surface area contributed by atoms with Crippen LogP contribution >= 0.6 is 0 Å². The Morgan fingerprint density at radius 2 is 1.76 bits per heavy atom. The van der Waals surface area contributed by atoms with Crippen molar-refractivity contribution < 1.29 is 32.1 Å². The molecule has 0 bridgehead atoms. The fourth-order valence-corrected chi connectivity index (χ4v) is 4.09. The first-order valence-electron chi connectivity index (χ1n) is 12.1. The maximum Gasteiger partial charge on any atom is 0.431 e. The lowest BCUT2D eigenvalue weighted by Gasteiger charge is -2.18. The monoisotopic (exact) mass is 534 g/mol. The molecule has 2 heterocycles. The normalized spacial score (nSPS) is 17.0. The van der Waals surface area contributed by atoms with Gasteiger partial charge in [-0.3, -0.25) is 9.36 Å². The molecule has 3 aromatic rings. The van der Waals surface area contributed by atoms with Gasteiger partial charge in [0, 0.05) is 18.7 Å². The first kappa shape index (κ1) is 27.5. The first-order valence-corrected chi connectivity index (χ1v) is 12.1. The molecular weight excluding hydrogens is 505 g/mol. The summed E-state index contributed by atoms with van der Waals surface area (Å²) in [7, 11) is 0.967. The van der Waals surface area contributed by atoms with Crippen LogP contribution in [0.15, 0.2) is 58.1 Å². The fourth-order valence-electron chi connectivity index (χ4n) is 4.09. The van der Waals surface area contributed by atoms with E-state index in [4.69, 9.17) is 18.9 Å². The number of nitrogens with zero attached hydrogens (tertiary/aromatic N) is 2. The van der Waals surface area contributed by atoms with Crippen molar-refractivity contribution in [1.29, 1.82) is 0 Å². The average molecular weight is 535 g/mol. The molecule has 0 spiro atoms. The highest BCUT2D eigenvalue weighted by molar-refractivity contribution is 5.40. The summed E-state index contributed by atoms with van der Waals surface area (Å²) >= 11 is 0. The van der Waals surface area contributed by atoms with Crippen molar-refractivity contribution in [3.8, 4) is 17.2 Å². The number of alkyl halides is 3. The van der Waals surface area contributed by atoms with Gasteiger partial charge in [0.25, 0.3) is 5.56 Å². The van der Waals surface area contributed by atoms with Gasteiger partial charge in [-0.25, -0.2) is 9.36 Å². The van der Waals surface area contributed by atoms with Gasteiger partial charge < -0.3 is 18.9 Å². The third kappa shape index (κ3) is 6.11. The fraction of sp³-hybridized carbons (Fsp3) is 0.407. The number of halogens is 3. The molecule has 0 radical (unpaired) electrons. The average Bonchev–Trinajstić information content (AvgIpc) is 3.22. The van der Waals surface area contributed by atoms with Crippen molar-refractivity contribution in [1.82, 2.24) is 9.13 Å². The molecule has 0 N–H and O–H groups in total. The lowest BCUT2D eigenvalue weighted by atomic mass is 10.1. The Bertz CT molecular complexity index is 1410. The van der Waals surface area contributed by atoms with E-state index in [1.165, 1.54) is 24.3 Å². The molecule has 0 saturated carbocycles. The van der Waals surface area contributed by atoms with Crippen LogP contribution in [-0.2, 0) is 35.7 Å². The van der Waals surface area contributed by atoms with Crippen LogP contribution in [-0.4, -0.2) is 34.2 Å². The summed E-state index contributed by atoms with van der Waals surface area (Å²) < 4.78 is 63.7. The molecule has 1 atom stereocenters. The molecule has 0 amide bonds. The molecular formula is C27H29F3N2O6. The molecule has 1 aliphatic heterocycles. The third-order valence-electron chi connectivity index (χ3n) is 6.13. The summed E-state index contributed by atoms with van der Waals surface area (Å²) in [6.45, 7) is 6.66. The van der Waals surface area contributed by atoms with Gasteiger partial charge >= 0.3 is 11.9 Å². The highest BCUT2D eigenvalue weighted by Gasteiger charge is 2.35. The van der Waals surface area contributed by atoms with Crippen molar-refractivity contribution in [2.45, 2.75) is 51.9 Å². The zero-order valence-electron chi connectivity index (χ0n) is 21.5. The van der Waals surface area contributed by atoms with Crippen molar-refractivity contribution in [3.05, 3.63) is 86.2 Å². The maximum atomic E-state index is 13.1. The minimum Gasteiger partial charge on any atom is -0.490 e. The molecule has 11 heteroatoms. The molecule has 1 aromatic heterocycles. The van der Waals surface area contributed by atoms with Gasteiger partial charge in [-0.1, -0.05) is 19.1 Å². The van der Waals surface area contributed by atoms with E-state index < -0.39 is 28.9 Å². The van der Waals surface area contributed by atoms with Crippen LogP contribution in [0.4, 0.5) is 13.2 Å². The number of ether oxygens (including phenoxy) is 4. The second-order valence-corrected chi connectivity index (χ2v) is 9.38. The lowest BCUT2D eigenvalue weighted by molar-refractivity contribution is -0.144. The Kier molecular flexibility index (Phi) is 7.70. The summed E-state index contributed by atoms with van der Waals surface area (Å²) in [6.07, 6.45) is -4.19. The highest BCUT2D eigenvalue weighted by Crippen LogP contribution is 2.28. The molecule has 0 unspecified atom stereocenters. The number of benzene rings is 2. The predicted molar refractivity (Wildman–Crippen MR) is 133 cm³/mol. The van der Waals surface area contributed by atoms with Crippen molar-refractivity contribution in [2.75, 3.05) is 13.2 Å². The van der Waals surface area contributed by atoms with Crippen LogP contribution in [0.25, 0.3) is 5.69 Å². The minimum absolute atomic E-state index is 0.120. The van der Waals surface area contributed by atoms with Crippen LogP contribution < -0.4 is 20.7 Å². The predicted octanol–water partition coefficient (Wildman–Crippen LogP) is 4.23. The molecule has 8 nitrogen and oxygen atoms in total. The Morgan fingerprint density at radius 1 is 1.05 bits per heavy atom. The van der Waals surface area contributed by atoms with Crippen LogP contribution in [0, 0.1) is 0 Å². The van der Waals surface area contributed by atoms with Crippen LogP contribution in [0.3, 0.4) is 0 Å². The van der Waals surface area contributed by atoms with Gasteiger partial charge in [0.05, 0.1) is 12.3 Å². The van der Waals surface area contributed by atoms with E-state index in [1.807, 2.05) is 39.0 Å². The number of aromatic nitrogens is 2. The van der Waals surface area contributed by atoms with Gasteiger partial charge in [-0.15, -0.1) is 0 Å². The second-order valence-electron chi connectivity index (χ2n) is 9.38. The van der Waals surface area contributed by atoms with Gasteiger partial charge in [0.15, 0.2) is 5.79 Å². The van der Waals surface area contributed by atoms with E-state index in [2.05, 4.69) is 0 Å². The Morgan fingerprint density at radius 3 is 2.37 bits per heavy atom. The van der Waals surface area contributed by atoms with Crippen molar-refractivity contribution >= 4 is 0 Å². The smallest absolute Gasteiger partial charge is 0.431 e. The van der Waals surface area contributed by atoms with E-state index in [1.54, 1.807) is 0 Å². The number of aryl methyl sites for hydroxylation is 1. The molecule has 1 fully saturated rings. The van der Waals surface area contributed by atoms with Gasteiger partial charge in [0.2, 0.25) is 0 Å². The maximum absolute atomic E-state index is 13.1. The molecule has 1 saturated heterocycles. The van der Waals surface area contributed by atoms with Gasteiger partial charge in [-0.2, -0.15) is 13.2 Å². The number of hydrogen-bond donors (Lipinski definition) is 0. The molecule has 1 aliphatic rings. The number of rotatable bonds is 8. The molecule has 0 aliphatic carbocycles. The van der Waals surface area contributed by atoms with E-state index in [0.29, 0.717) is 39.9 Å². The minimum atomic E-state index is -4.82. The molecule has 204 valence electrons. The quantitative estimate of drug-likeness (QED) is 0.431. The van der Waals surface area contributed by atoms with E-state index in [0.717, 1.165) is 24.6 Å². The van der Waals surface area contributed by atoms with E-state index in [-0.39, 0.29) is 18.4 Å². The first-order chi connectivity index (χ1) is 17.9. The third-order valence-corrected chi connectivity index (χ3v) is 6.13. The number of hydrogen-bond acceptors (Lipinski definition) is 6. The second kappa shape index (κ2) is 10.7. The Labute approximate surface area is 217 Å². The summed E-state index contributed by atoms with van der Waals surface area (Å²) in [6, 6.07) is 12.2. The SMILES string of the molecule is CCc1ccc(COc2ccc(-n3c(=O)cc(C(F)(F)F)n(C)c3=O)cc2)c(OC[C@@H]2COC(C)(C)O2)c1. The van der Waals surface area contributed by atoms with E-state index in [9.17, 15) is 22.8 Å². The lowest BCUT2D eigenvalue weighted by Crippen LogP contribution is -2.40. The largest absolute Gasteiger partial charge is 0.490 e. The van der Waals surface area contributed by atoms with Crippen molar-refractivity contribution in [2.24, 2.45) is 7.05 Å². The Balaban J connectivity index is 1.48. The molecule has 38 heavy (non-hydrogen) atoms. The van der Waals surface area contributed by atoms with Crippen LogP contribution in [0.5, 0.6) is 11.5 Å². The van der Waals surface area contributed by atoms with Crippen LogP contribution in [0.1, 0.15) is 37.6 Å². The molecule has 2 aromatic carbocycles. The van der Waals surface area contributed by atoms with E-state index >= 15 is 0 Å². The van der Waals surface area contributed by atoms with Gasteiger partial charge in [0.1, 0.15) is 36.5 Å². The Hall–Kier alpha value is -3.57. The van der Waals surface area contributed by atoms with Gasteiger partial charge in [-0.05, 0) is 56.2 Å².